The van der Waals surface area contributed by atoms with Gasteiger partial charge in [0.05, 0.1) is 7.11 Å². The van der Waals surface area contributed by atoms with Crippen LogP contribution in [0.3, 0.4) is 0 Å². The zero-order valence-electron chi connectivity index (χ0n) is 15.5. The Morgan fingerprint density at radius 1 is 1.16 bits per heavy atom. The summed E-state index contributed by atoms with van der Waals surface area (Å²) in [6, 6.07) is 7.81. The van der Waals surface area contributed by atoms with Gasteiger partial charge >= 0.3 is 6.09 Å². The standard InChI is InChI=1S/C17H28N4O3.HI/c1-17(2,3)24-16(22)20-10-9-19-15(18-4)21-12-13-7-6-8-14(11-13)23-5;/h6-8,11H,9-10,12H2,1-5H3,(H,20,22)(H2,18,19,21);1H. The summed E-state index contributed by atoms with van der Waals surface area (Å²) in [6.07, 6.45) is -0.427. The molecule has 25 heavy (non-hydrogen) atoms. The monoisotopic (exact) mass is 464 g/mol. The number of nitrogens with zero attached hydrogens (tertiary/aromatic N) is 1. The number of alkyl carbamates (subject to hydrolysis) is 1. The molecule has 0 radical (unpaired) electrons. The van der Waals surface area contributed by atoms with Crippen molar-refractivity contribution in [2.45, 2.75) is 32.9 Å². The second-order valence-corrected chi connectivity index (χ2v) is 6.13. The van der Waals surface area contributed by atoms with Crippen LogP contribution in [0.1, 0.15) is 26.3 Å². The fourth-order valence-electron chi connectivity index (χ4n) is 1.85. The maximum atomic E-state index is 11.5. The maximum absolute atomic E-state index is 11.5. The number of guanidine groups is 1. The van der Waals surface area contributed by atoms with Crippen LogP contribution in [0.4, 0.5) is 4.79 Å². The molecule has 1 aromatic rings. The third kappa shape index (κ3) is 10.7. The summed E-state index contributed by atoms with van der Waals surface area (Å²) >= 11 is 0. The normalized spacial score (nSPS) is 11.2. The van der Waals surface area contributed by atoms with Gasteiger partial charge in [-0.1, -0.05) is 12.1 Å². The topological polar surface area (TPSA) is 84.0 Å². The minimum Gasteiger partial charge on any atom is -0.497 e. The van der Waals surface area contributed by atoms with Crippen LogP contribution >= 0.6 is 24.0 Å². The third-order valence-electron chi connectivity index (χ3n) is 2.90. The van der Waals surface area contributed by atoms with Crippen LogP contribution in [-0.2, 0) is 11.3 Å². The Morgan fingerprint density at radius 3 is 2.44 bits per heavy atom. The van der Waals surface area contributed by atoms with Crippen LogP contribution in [0, 0.1) is 0 Å². The molecule has 0 aliphatic heterocycles. The SMILES string of the molecule is CN=C(NCCNC(=O)OC(C)(C)C)NCc1cccc(OC)c1.I. The van der Waals surface area contributed by atoms with E-state index in [9.17, 15) is 4.79 Å². The number of benzene rings is 1. The molecule has 0 atom stereocenters. The van der Waals surface area contributed by atoms with Crippen molar-refractivity contribution >= 4 is 36.0 Å². The molecule has 0 bridgehead atoms. The van der Waals surface area contributed by atoms with E-state index in [0.29, 0.717) is 25.6 Å². The zero-order chi connectivity index (χ0) is 18.0. The molecular weight excluding hydrogens is 435 g/mol. The van der Waals surface area contributed by atoms with Gasteiger partial charge in [0.2, 0.25) is 0 Å². The van der Waals surface area contributed by atoms with Crippen LogP contribution in [-0.4, -0.2) is 44.9 Å². The van der Waals surface area contributed by atoms with Gasteiger partial charge in [-0.25, -0.2) is 4.79 Å². The van der Waals surface area contributed by atoms with E-state index in [2.05, 4.69) is 20.9 Å². The Morgan fingerprint density at radius 2 is 1.84 bits per heavy atom. The number of hydrogen-bond acceptors (Lipinski definition) is 4. The van der Waals surface area contributed by atoms with Gasteiger partial charge in [-0.05, 0) is 38.5 Å². The fraction of sp³-hybridized carbons (Fsp3) is 0.529. The Hall–Kier alpha value is -1.71. The highest BCUT2D eigenvalue weighted by molar-refractivity contribution is 14.0. The lowest BCUT2D eigenvalue weighted by Crippen LogP contribution is -2.42. The predicted molar refractivity (Wildman–Crippen MR) is 111 cm³/mol. The number of ether oxygens (including phenoxy) is 2. The van der Waals surface area contributed by atoms with E-state index >= 15 is 0 Å². The Kier molecular flexibility index (Phi) is 11.0. The number of hydrogen-bond donors (Lipinski definition) is 3. The average Bonchev–Trinajstić information content (AvgIpc) is 2.52. The summed E-state index contributed by atoms with van der Waals surface area (Å²) in [5.41, 5.74) is 0.593. The zero-order valence-corrected chi connectivity index (χ0v) is 17.8. The Labute approximate surface area is 167 Å². The van der Waals surface area contributed by atoms with E-state index in [1.54, 1.807) is 14.2 Å². The molecule has 1 aromatic carbocycles. The number of amides is 1. The molecule has 0 aliphatic rings. The number of carbonyl (C=O) groups is 1. The van der Waals surface area contributed by atoms with Gasteiger partial charge in [-0.15, -0.1) is 24.0 Å². The van der Waals surface area contributed by atoms with Gasteiger partial charge in [0.1, 0.15) is 11.4 Å². The van der Waals surface area contributed by atoms with Gasteiger partial charge in [0, 0.05) is 26.7 Å². The van der Waals surface area contributed by atoms with Gasteiger partial charge in [-0.3, -0.25) is 4.99 Å². The van der Waals surface area contributed by atoms with Crippen molar-refractivity contribution < 1.29 is 14.3 Å². The quantitative estimate of drug-likeness (QED) is 0.261. The summed E-state index contributed by atoms with van der Waals surface area (Å²) in [6.45, 7) is 7.09. The number of carbonyl (C=O) groups excluding carboxylic acids is 1. The molecule has 7 nitrogen and oxygen atoms in total. The van der Waals surface area contributed by atoms with Crippen LogP contribution in [0.25, 0.3) is 0 Å². The number of aliphatic imine (C=N–C) groups is 1. The highest BCUT2D eigenvalue weighted by Gasteiger charge is 2.15. The minimum atomic E-state index is -0.494. The van der Waals surface area contributed by atoms with Crippen LogP contribution in [0.2, 0.25) is 0 Å². The molecular formula is C17H29IN4O3. The van der Waals surface area contributed by atoms with E-state index in [0.717, 1.165) is 11.3 Å². The van der Waals surface area contributed by atoms with Crippen molar-refractivity contribution in [2.24, 2.45) is 4.99 Å². The van der Waals surface area contributed by atoms with E-state index in [1.807, 2.05) is 45.0 Å². The minimum absolute atomic E-state index is 0. The van der Waals surface area contributed by atoms with Gasteiger partial charge < -0.3 is 25.4 Å². The molecule has 0 fully saturated rings. The number of methoxy groups -OCH3 is 1. The molecule has 0 aliphatic carbocycles. The summed E-state index contributed by atoms with van der Waals surface area (Å²) in [5.74, 6) is 1.47. The van der Waals surface area contributed by atoms with Crippen LogP contribution in [0.15, 0.2) is 29.3 Å². The highest BCUT2D eigenvalue weighted by Crippen LogP contribution is 2.12. The molecule has 0 saturated heterocycles. The highest BCUT2D eigenvalue weighted by atomic mass is 127. The molecule has 0 saturated carbocycles. The largest absolute Gasteiger partial charge is 0.497 e. The molecule has 0 heterocycles. The molecule has 0 aromatic heterocycles. The van der Waals surface area contributed by atoms with Crippen LogP contribution < -0.4 is 20.7 Å². The Bertz CT molecular complexity index is 559. The van der Waals surface area contributed by atoms with Crippen molar-refractivity contribution in [1.29, 1.82) is 0 Å². The van der Waals surface area contributed by atoms with Crippen molar-refractivity contribution in [1.82, 2.24) is 16.0 Å². The van der Waals surface area contributed by atoms with Gasteiger partial charge in [-0.2, -0.15) is 0 Å². The first-order valence-corrected chi connectivity index (χ1v) is 7.88. The van der Waals surface area contributed by atoms with E-state index in [4.69, 9.17) is 9.47 Å². The van der Waals surface area contributed by atoms with Crippen molar-refractivity contribution in [3.63, 3.8) is 0 Å². The average molecular weight is 464 g/mol. The molecule has 8 heteroatoms. The molecule has 142 valence electrons. The number of rotatable bonds is 6. The molecule has 0 spiro atoms. The maximum Gasteiger partial charge on any atom is 0.407 e. The number of nitrogens with one attached hydrogen (secondary N) is 3. The first kappa shape index (κ1) is 23.3. The predicted octanol–water partition coefficient (Wildman–Crippen LogP) is 2.50. The first-order valence-electron chi connectivity index (χ1n) is 7.88. The molecule has 1 amide bonds. The smallest absolute Gasteiger partial charge is 0.407 e. The lowest BCUT2D eigenvalue weighted by atomic mass is 10.2. The fourth-order valence-corrected chi connectivity index (χ4v) is 1.85. The molecule has 1 rings (SSSR count). The summed E-state index contributed by atoms with van der Waals surface area (Å²) in [7, 11) is 3.34. The van der Waals surface area contributed by atoms with E-state index in [-0.39, 0.29) is 24.0 Å². The first-order chi connectivity index (χ1) is 11.3. The van der Waals surface area contributed by atoms with E-state index in [1.165, 1.54) is 0 Å². The second kappa shape index (κ2) is 11.8. The third-order valence-corrected chi connectivity index (χ3v) is 2.90. The summed E-state index contributed by atoms with van der Waals surface area (Å²) in [4.78, 5) is 15.7. The van der Waals surface area contributed by atoms with Crippen molar-refractivity contribution in [3.05, 3.63) is 29.8 Å². The summed E-state index contributed by atoms with van der Waals surface area (Å²) in [5, 5.41) is 9.01. The van der Waals surface area contributed by atoms with Crippen molar-refractivity contribution in [2.75, 3.05) is 27.2 Å². The molecule has 3 N–H and O–H groups in total. The lowest BCUT2D eigenvalue weighted by molar-refractivity contribution is 0.0529. The van der Waals surface area contributed by atoms with Crippen LogP contribution in [0.5, 0.6) is 5.75 Å². The van der Waals surface area contributed by atoms with Gasteiger partial charge in [0.15, 0.2) is 5.96 Å². The van der Waals surface area contributed by atoms with E-state index < -0.39 is 11.7 Å². The Balaban J connectivity index is 0.00000576. The number of halogens is 1. The van der Waals surface area contributed by atoms with Crippen molar-refractivity contribution in [3.8, 4) is 5.75 Å². The summed E-state index contributed by atoms with van der Waals surface area (Å²) < 4.78 is 10.4. The lowest BCUT2D eigenvalue weighted by Gasteiger charge is -2.20. The molecule has 0 unspecified atom stereocenters. The second-order valence-electron chi connectivity index (χ2n) is 6.13. The van der Waals surface area contributed by atoms with Gasteiger partial charge in [0.25, 0.3) is 0 Å².